The van der Waals surface area contributed by atoms with Crippen molar-refractivity contribution in [1.29, 1.82) is 0 Å². The highest BCUT2D eigenvalue weighted by Gasteiger charge is 2.15. The number of anilines is 2. The summed E-state index contributed by atoms with van der Waals surface area (Å²) < 4.78 is 5.78. The summed E-state index contributed by atoms with van der Waals surface area (Å²) in [6.45, 7) is 3.91. The van der Waals surface area contributed by atoms with Crippen LogP contribution in [0.15, 0.2) is 53.9 Å². The number of ether oxygens (including phenoxy) is 1. The van der Waals surface area contributed by atoms with Gasteiger partial charge in [-0.25, -0.2) is 9.78 Å². The van der Waals surface area contributed by atoms with Crippen molar-refractivity contribution in [3.05, 3.63) is 70.2 Å². The van der Waals surface area contributed by atoms with E-state index in [0.717, 1.165) is 36.6 Å². The first-order valence-electron chi connectivity index (χ1n) is 11.2. The molecule has 8 heteroatoms. The number of amides is 3. The fourth-order valence-corrected chi connectivity index (χ4v) is 4.27. The molecule has 2 N–H and O–H groups in total. The SMILES string of the molecule is Cc1nc(COc2cccc(C(=O)Nc3ccc(NC(=O)N4CCCCCC4)cc3)c2)cs1. The summed E-state index contributed by atoms with van der Waals surface area (Å²) in [4.78, 5) is 31.4. The van der Waals surface area contributed by atoms with E-state index in [0.29, 0.717) is 29.3 Å². The number of carbonyl (C=O) groups excluding carboxylic acids is 2. The van der Waals surface area contributed by atoms with Gasteiger partial charge in [0.15, 0.2) is 0 Å². The van der Waals surface area contributed by atoms with Crippen LogP contribution >= 0.6 is 11.3 Å². The minimum Gasteiger partial charge on any atom is -0.487 e. The van der Waals surface area contributed by atoms with Crippen LogP contribution in [0.25, 0.3) is 0 Å². The van der Waals surface area contributed by atoms with E-state index in [1.165, 1.54) is 12.8 Å². The van der Waals surface area contributed by atoms with Crippen LogP contribution in [-0.4, -0.2) is 34.9 Å². The molecule has 2 aromatic carbocycles. The Morgan fingerprint density at radius 3 is 2.36 bits per heavy atom. The molecule has 1 saturated heterocycles. The summed E-state index contributed by atoms with van der Waals surface area (Å²) in [6.07, 6.45) is 4.46. The number of nitrogens with one attached hydrogen (secondary N) is 2. The lowest BCUT2D eigenvalue weighted by Crippen LogP contribution is -2.35. The van der Waals surface area contributed by atoms with Gasteiger partial charge in [0, 0.05) is 35.4 Å². The van der Waals surface area contributed by atoms with Crippen LogP contribution in [0, 0.1) is 6.92 Å². The van der Waals surface area contributed by atoms with Gasteiger partial charge in [0.1, 0.15) is 12.4 Å². The largest absolute Gasteiger partial charge is 0.487 e. The highest BCUT2D eigenvalue weighted by atomic mass is 32.1. The standard InChI is InChI=1S/C25H28N4O3S/c1-18-26-22(17-33-18)16-32-23-8-6-7-19(15-23)24(30)27-20-9-11-21(12-10-20)28-25(31)29-13-4-2-3-5-14-29/h6-12,15,17H,2-5,13-14,16H2,1H3,(H,27,30)(H,28,31). The van der Waals surface area contributed by atoms with Gasteiger partial charge in [-0.2, -0.15) is 0 Å². The van der Waals surface area contributed by atoms with Crippen molar-refractivity contribution < 1.29 is 14.3 Å². The molecule has 1 aromatic heterocycles. The zero-order valence-electron chi connectivity index (χ0n) is 18.7. The smallest absolute Gasteiger partial charge is 0.321 e. The van der Waals surface area contributed by atoms with Crippen molar-refractivity contribution >= 4 is 34.6 Å². The van der Waals surface area contributed by atoms with E-state index < -0.39 is 0 Å². The van der Waals surface area contributed by atoms with Gasteiger partial charge >= 0.3 is 6.03 Å². The van der Waals surface area contributed by atoms with Gasteiger partial charge in [0.05, 0.1) is 10.7 Å². The second kappa shape index (κ2) is 11.0. The number of hydrogen-bond acceptors (Lipinski definition) is 5. The third kappa shape index (κ3) is 6.55. The van der Waals surface area contributed by atoms with Crippen molar-refractivity contribution in [1.82, 2.24) is 9.88 Å². The minimum absolute atomic E-state index is 0.0710. The van der Waals surface area contributed by atoms with E-state index in [9.17, 15) is 9.59 Å². The number of aryl methyl sites for hydroxylation is 1. The van der Waals surface area contributed by atoms with Crippen molar-refractivity contribution in [2.45, 2.75) is 39.2 Å². The molecule has 7 nitrogen and oxygen atoms in total. The van der Waals surface area contributed by atoms with Crippen molar-refractivity contribution in [3.63, 3.8) is 0 Å². The van der Waals surface area contributed by atoms with Crippen molar-refractivity contribution in [3.8, 4) is 5.75 Å². The number of rotatable bonds is 6. The van der Waals surface area contributed by atoms with Gasteiger partial charge in [-0.3, -0.25) is 4.79 Å². The molecule has 33 heavy (non-hydrogen) atoms. The summed E-state index contributed by atoms with van der Waals surface area (Å²) in [5.74, 6) is 0.381. The monoisotopic (exact) mass is 464 g/mol. The van der Waals surface area contributed by atoms with E-state index in [1.807, 2.05) is 23.3 Å². The Kier molecular flexibility index (Phi) is 7.57. The normalized spacial score (nSPS) is 13.8. The van der Waals surface area contributed by atoms with Gasteiger partial charge < -0.3 is 20.3 Å². The predicted molar refractivity (Wildman–Crippen MR) is 131 cm³/mol. The zero-order chi connectivity index (χ0) is 23.0. The summed E-state index contributed by atoms with van der Waals surface area (Å²) in [7, 11) is 0. The van der Waals surface area contributed by atoms with Gasteiger partial charge in [0.2, 0.25) is 0 Å². The maximum Gasteiger partial charge on any atom is 0.321 e. The first-order valence-corrected chi connectivity index (χ1v) is 12.1. The molecule has 2 heterocycles. The van der Waals surface area contributed by atoms with Crippen LogP contribution in [0.1, 0.15) is 46.7 Å². The highest BCUT2D eigenvalue weighted by Crippen LogP contribution is 2.19. The molecule has 0 aliphatic carbocycles. The molecule has 0 atom stereocenters. The van der Waals surface area contributed by atoms with E-state index in [-0.39, 0.29) is 11.9 Å². The molecular weight excluding hydrogens is 436 g/mol. The number of hydrogen-bond donors (Lipinski definition) is 2. The molecule has 1 fully saturated rings. The maximum atomic E-state index is 12.7. The Hall–Kier alpha value is -3.39. The highest BCUT2D eigenvalue weighted by molar-refractivity contribution is 7.09. The Labute approximate surface area is 197 Å². The van der Waals surface area contributed by atoms with Crippen LogP contribution in [0.2, 0.25) is 0 Å². The summed E-state index contributed by atoms with van der Waals surface area (Å²) >= 11 is 1.58. The molecule has 0 bridgehead atoms. The predicted octanol–water partition coefficient (Wildman–Crippen LogP) is 5.69. The van der Waals surface area contributed by atoms with Crippen LogP contribution in [0.4, 0.5) is 16.2 Å². The average molecular weight is 465 g/mol. The van der Waals surface area contributed by atoms with E-state index >= 15 is 0 Å². The van der Waals surface area contributed by atoms with Crippen LogP contribution in [0.3, 0.4) is 0 Å². The molecular formula is C25H28N4O3S. The van der Waals surface area contributed by atoms with Gasteiger partial charge in [0.25, 0.3) is 5.91 Å². The number of benzene rings is 2. The lowest BCUT2D eigenvalue weighted by Gasteiger charge is -2.20. The molecule has 3 amide bonds. The molecule has 0 spiro atoms. The summed E-state index contributed by atoms with van der Waals surface area (Å²) in [5.41, 5.74) is 2.72. The Balaban J connectivity index is 1.31. The Morgan fingerprint density at radius 1 is 1.00 bits per heavy atom. The molecule has 0 radical (unpaired) electrons. The van der Waals surface area contributed by atoms with E-state index in [2.05, 4.69) is 15.6 Å². The molecule has 4 rings (SSSR count). The minimum atomic E-state index is -0.230. The Bertz CT molecular complexity index is 1090. The topological polar surface area (TPSA) is 83.6 Å². The first kappa shape index (κ1) is 22.8. The molecule has 0 saturated carbocycles. The van der Waals surface area contributed by atoms with Gasteiger partial charge in [-0.1, -0.05) is 18.9 Å². The molecule has 1 aliphatic rings. The lowest BCUT2D eigenvalue weighted by molar-refractivity contribution is 0.102. The Morgan fingerprint density at radius 2 is 1.70 bits per heavy atom. The lowest BCUT2D eigenvalue weighted by atomic mass is 10.2. The zero-order valence-corrected chi connectivity index (χ0v) is 19.5. The average Bonchev–Trinajstić information content (AvgIpc) is 3.06. The summed E-state index contributed by atoms with van der Waals surface area (Å²) in [6, 6.07) is 14.1. The van der Waals surface area contributed by atoms with Crippen LogP contribution < -0.4 is 15.4 Å². The number of thiazole rings is 1. The number of aromatic nitrogens is 1. The van der Waals surface area contributed by atoms with E-state index in [4.69, 9.17) is 4.74 Å². The molecule has 172 valence electrons. The van der Waals surface area contributed by atoms with Gasteiger partial charge in [-0.05, 0) is 62.2 Å². The maximum absolute atomic E-state index is 12.7. The molecule has 1 aliphatic heterocycles. The second-order valence-electron chi connectivity index (χ2n) is 8.04. The van der Waals surface area contributed by atoms with Crippen LogP contribution in [-0.2, 0) is 6.61 Å². The number of urea groups is 1. The third-order valence-corrected chi connectivity index (χ3v) is 6.26. The summed E-state index contributed by atoms with van der Waals surface area (Å²) in [5, 5.41) is 8.79. The fourth-order valence-electron chi connectivity index (χ4n) is 3.68. The number of likely N-dealkylation sites (tertiary alicyclic amines) is 1. The third-order valence-electron chi connectivity index (χ3n) is 5.44. The number of nitrogens with zero attached hydrogens (tertiary/aromatic N) is 2. The van der Waals surface area contributed by atoms with Crippen molar-refractivity contribution in [2.75, 3.05) is 23.7 Å². The van der Waals surface area contributed by atoms with Gasteiger partial charge in [-0.15, -0.1) is 11.3 Å². The second-order valence-corrected chi connectivity index (χ2v) is 9.10. The quantitative estimate of drug-likeness (QED) is 0.491. The molecule has 0 unspecified atom stereocenters. The van der Waals surface area contributed by atoms with Crippen molar-refractivity contribution in [2.24, 2.45) is 0 Å². The number of carbonyl (C=O) groups is 2. The fraction of sp³-hybridized carbons (Fsp3) is 0.320. The van der Waals surface area contributed by atoms with Crippen LogP contribution in [0.5, 0.6) is 5.75 Å². The molecule has 3 aromatic rings. The first-order chi connectivity index (χ1) is 16.1. The van der Waals surface area contributed by atoms with E-state index in [1.54, 1.807) is 53.8 Å².